The van der Waals surface area contributed by atoms with E-state index in [1.54, 1.807) is 0 Å². The number of anilines is 1. The molecule has 0 saturated heterocycles. The second-order valence-electron chi connectivity index (χ2n) is 5.06. The maximum absolute atomic E-state index is 11.8. The van der Waals surface area contributed by atoms with Gasteiger partial charge in [-0.2, -0.15) is 0 Å². The van der Waals surface area contributed by atoms with Crippen LogP contribution in [0, 0.1) is 6.07 Å². The molecule has 21 heavy (non-hydrogen) atoms. The largest absolute Gasteiger partial charge is 0.284 e. The molecule has 0 aliphatic carbocycles. The fraction of sp³-hybridized carbons (Fsp3) is 0.294. The van der Waals surface area contributed by atoms with Gasteiger partial charge in [0.1, 0.15) is 0 Å². The molecule has 2 aromatic rings. The van der Waals surface area contributed by atoms with Gasteiger partial charge in [-0.1, -0.05) is 49.7 Å². The first-order valence-electron chi connectivity index (χ1n) is 7.13. The third-order valence-electron chi connectivity index (χ3n) is 3.17. The van der Waals surface area contributed by atoms with E-state index in [2.05, 4.69) is 16.9 Å². The fourth-order valence-electron chi connectivity index (χ4n) is 2.03. The lowest BCUT2D eigenvalue weighted by atomic mass is 10.1. The quantitative estimate of drug-likeness (QED) is 0.849. The van der Waals surface area contributed by atoms with E-state index in [0.717, 1.165) is 18.4 Å². The molecule has 0 aromatic heterocycles. The number of sulfonamides is 1. The van der Waals surface area contributed by atoms with Crippen LogP contribution in [0.2, 0.25) is 0 Å². The fourth-order valence-corrected chi connectivity index (χ4v) is 3.30. The summed E-state index contributed by atoms with van der Waals surface area (Å²) in [6, 6.07) is 18.4. The molecule has 0 heterocycles. The smallest absolute Gasteiger partial charge is 0.232 e. The van der Waals surface area contributed by atoms with Crippen molar-refractivity contribution in [1.82, 2.24) is 0 Å². The van der Waals surface area contributed by atoms with Crippen LogP contribution >= 0.6 is 0 Å². The third kappa shape index (κ3) is 5.23. The minimum absolute atomic E-state index is 0.172. The number of unbranched alkanes of at least 4 members (excludes halogenated alkanes) is 1. The Kier molecular flexibility index (Phi) is 5.39. The van der Waals surface area contributed by atoms with E-state index < -0.39 is 10.0 Å². The zero-order valence-electron chi connectivity index (χ0n) is 12.2. The van der Waals surface area contributed by atoms with Crippen LogP contribution in [0.25, 0.3) is 0 Å². The molecule has 1 N–H and O–H groups in total. The van der Waals surface area contributed by atoms with Crippen molar-refractivity contribution in [2.24, 2.45) is 0 Å². The molecule has 3 nitrogen and oxygen atoms in total. The SMILES string of the molecule is CCCCS(=O)(=O)Nc1ccc(Cc2c[c]ccc2)cc1. The Hall–Kier alpha value is -1.81. The van der Waals surface area contributed by atoms with E-state index in [4.69, 9.17) is 0 Å². The molecule has 0 unspecified atom stereocenters. The summed E-state index contributed by atoms with van der Waals surface area (Å²) in [4.78, 5) is 0. The van der Waals surface area contributed by atoms with Gasteiger partial charge in [-0.25, -0.2) is 8.42 Å². The molecule has 0 bridgehead atoms. The van der Waals surface area contributed by atoms with Crippen molar-refractivity contribution < 1.29 is 8.42 Å². The molecule has 0 atom stereocenters. The monoisotopic (exact) mass is 302 g/mol. The van der Waals surface area contributed by atoms with Crippen LogP contribution < -0.4 is 4.72 Å². The zero-order valence-corrected chi connectivity index (χ0v) is 13.0. The molecular formula is C17H20NO2S. The highest BCUT2D eigenvalue weighted by Gasteiger charge is 2.09. The van der Waals surface area contributed by atoms with Gasteiger partial charge in [0, 0.05) is 5.69 Å². The highest BCUT2D eigenvalue weighted by atomic mass is 32.2. The van der Waals surface area contributed by atoms with Crippen molar-refractivity contribution in [3.8, 4) is 0 Å². The van der Waals surface area contributed by atoms with E-state index in [0.29, 0.717) is 12.1 Å². The minimum Gasteiger partial charge on any atom is -0.284 e. The molecule has 0 aliphatic rings. The first-order chi connectivity index (χ1) is 10.1. The highest BCUT2D eigenvalue weighted by molar-refractivity contribution is 7.92. The summed E-state index contributed by atoms with van der Waals surface area (Å²) < 4.78 is 26.2. The molecule has 4 heteroatoms. The summed E-state index contributed by atoms with van der Waals surface area (Å²) >= 11 is 0. The van der Waals surface area contributed by atoms with Crippen LogP contribution in [0.4, 0.5) is 5.69 Å². The second kappa shape index (κ2) is 7.27. The van der Waals surface area contributed by atoms with Gasteiger partial charge in [0.15, 0.2) is 0 Å². The van der Waals surface area contributed by atoms with E-state index in [1.807, 2.05) is 49.4 Å². The summed E-state index contributed by atoms with van der Waals surface area (Å²) in [5, 5.41) is 0. The molecular weight excluding hydrogens is 282 g/mol. The van der Waals surface area contributed by atoms with Crippen LogP contribution in [0.1, 0.15) is 30.9 Å². The van der Waals surface area contributed by atoms with Crippen LogP contribution in [-0.4, -0.2) is 14.2 Å². The van der Waals surface area contributed by atoms with Gasteiger partial charge in [-0.3, -0.25) is 4.72 Å². The van der Waals surface area contributed by atoms with E-state index in [9.17, 15) is 8.42 Å². The number of benzene rings is 2. The Morgan fingerprint density at radius 1 is 1.10 bits per heavy atom. The van der Waals surface area contributed by atoms with Gasteiger partial charge in [-0.15, -0.1) is 0 Å². The van der Waals surface area contributed by atoms with Gasteiger partial charge in [0.05, 0.1) is 5.75 Å². The normalized spacial score (nSPS) is 11.3. The third-order valence-corrected chi connectivity index (χ3v) is 4.55. The van der Waals surface area contributed by atoms with E-state index >= 15 is 0 Å². The summed E-state index contributed by atoms with van der Waals surface area (Å²) in [6.45, 7) is 1.98. The highest BCUT2D eigenvalue weighted by Crippen LogP contribution is 2.15. The van der Waals surface area contributed by atoms with Crippen LogP contribution in [0.5, 0.6) is 0 Å². The molecule has 0 spiro atoms. The van der Waals surface area contributed by atoms with Gasteiger partial charge < -0.3 is 0 Å². The topological polar surface area (TPSA) is 46.2 Å². The molecule has 111 valence electrons. The van der Waals surface area contributed by atoms with Crippen molar-refractivity contribution in [3.05, 3.63) is 65.7 Å². The molecule has 0 saturated carbocycles. The van der Waals surface area contributed by atoms with Crippen molar-refractivity contribution in [2.75, 3.05) is 10.5 Å². The predicted octanol–water partition coefficient (Wildman–Crippen LogP) is 3.62. The molecule has 0 amide bonds. The Morgan fingerprint density at radius 3 is 2.48 bits per heavy atom. The van der Waals surface area contributed by atoms with Crippen molar-refractivity contribution in [1.29, 1.82) is 0 Å². The maximum atomic E-state index is 11.8. The zero-order chi connectivity index (χ0) is 15.1. The summed E-state index contributed by atoms with van der Waals surface area (Å²) in [5.41, 5.74) is 2.95. The first kappa shape index (κ1) is 15.6. The Labute approximate surface area is 127 Å². The number of hydrogen-bond acceptors (Lipinski definition) is 2. The standard InChI is InChI=1S/C17H20NO2S/c1-2-3-13-21(19,20)18-17-11-9-16(10-12-17)14-15-7-5-4-6-8-15/h4-5,7-12,18H,2-3,13-14H2,1H3. The summed E-state index contributed by atoms with van der Waals surface area (Å²) in [7, 11) is -3.22. The van der Waals surface area contributed by atoms with Crippen LogP contribution in [0.15, 0.2) is 48.5 Å². The Balaban J connectivity index is 1.99. The lowest BCUT2D eigenvalue weighted by molar-refractivity contribution is 0.598. The lowest BCUT2D eigenvalue weighted by Crippen LogP contribution is -2.16. The number of rotatable bonds is 7. The Bertz CT molecular complexity index is 649. The molecule has 0 aliphatic heterocycles. The maximum Gasteiger partial charge on any atom is 0.232 e. The second-order valence-corrected chi connectivity index (χ2v) is 6.90. The average molecular weight is 302 g/mol. The van der Waals surface area contributed by atoms with Gasteiger partial charge in [0.25, 0.3) is 0 Å². The van der Waals surface area contributed by atoms with Gasteiger partial charge >= 0.3 is 0 Å². The van der Waals surface area contributed by atoms with Crippen molar-refractivity contribution >= 4 is 15.7 Å². The van der Waals surface area contributed by atoms with E-state index in [1.165, 1.54) is 5.56 Å². The lowest BCUT2D eigenvalue weighted by Gasteiger charge is -2.08. The summed E-state index contributed by atoms with van der Waals surface area (Å²) in [5.74, 6) is 0.172. The first-order valence-corrected chi connectivity index (χ1v) is 8.79. The van der Waals surface area contributed by atoms with Gasteiger partial charge in [-0.05, 0) is 42.2 Å². The molecule has 0 fully saturated rings. The van der Waals surface area contributed by atoms with Crippen molar-refractivity contribution in [2.45, 2.75) is 26.2 Å². The molecule has 2 rings (SSSR count). The van der Waals surface area contributed by atoms with Crippen LogP contribution in [0.3, 0.4) is 0 Å². The molecule has 2 aromatic carbocycles. The van der Waals surface area contributed by atoms with Gasteiger partial charge in [0.2, 0.25) is 10.0 Å². The van der Waals surface area contributed by atoms with E-state index in [-0.39, 0.29) is 5.75 Å². The van der Waals surface area contributed by atoms with Crippen LogP contribution in [-0.2, 0) is 16.4 Å². The summed E-state index contributed by atoms with van der Waals surface area (Å²) in [6.07, 6.45) is 2.37. The number of hydrogen-bond donors (Lipinski definition) is 1. The molecule has 1 radical (unpaired) electrons. The number of nitrogens with one attached hydrogen (secondary N) is 1. The predicted molar refractivity (Wildman–Crippen MR) is 86.8 cm³/mol. The Morgan fingerprint density at radius 2 is 1.86 bits per heavy atom. The minimum atomic E-state index is -3.22. The average Bonchev–Trinajstić information content (AvgIpc) is 2.48. The van der Waals surface area contributed by atoms with Crippen molar-refractivity contribution in [3.63, 3.8) is 0 Å².